The smallest absolute Gasteiger partial charge is 0.220 e. The number of hydrogen-bond donors (Lipinski definition) is 2. The van der Waals surface area contributed by atoms with Gasteiger partial charge in [0.2, 0.25) is 5.91 Å². The van der Waals surface area contributed by atoms with Gasteiger partial charge in [0.1, 0.15) is 5.75 Å². The van der Waals surface area contributed by atoms with E-state index in [1.54, 1.807) is 0 Å². The lowest BCUT2D eigenvalue weighted by Gasteiger charge is -2.14. The zero-order valence-corrected chi connectivity index (χ0v) is 11.6. The summed E-state index contributed by atoms with van der Waals surface area (Å²) in [7, 11) is 1.88. The number of hydrogen-bond acceptors (Lipinski definition) is 3. The monoisotopic (exact) mass is 300 g/mol. The summed E-state index contributed by atoms with van der Waals surface area (Å²) in [5.74, 6) is 0.471. The first-order valence-corrected chi connectivity index (χ1v) is 6.18. The number of primary amides is 1. The first-order chi connectivity index (χ1) is 8.04. The molecule has 1 aromatic carbocycles. The predicted molar refractivity (Wildman–Crippen MR) is 70.9 cm³/mol. The molecule has 17 heavy (non-hydrogen) atoms. The molecule has 0 aliphatic heterocycles. The summed E-state index contributed by atoms with van der Waals surface area (Å²) in [4.78, 5) is 10.7. The highest BCUT2D eigenvalue weighted by molar-refractivity contribution is 9.10. The Morgan fingerprint density at radius 2 is 2.24 bits per heavy atom. The van der Waals surface area contributed by atoms with Gasteiger partial charge in [-0.15, -0.1) is 0 Å². The van der Waals surface area contributed by atoms with Crippen LogP contribution in [0, 0.1) is 6.92 Å². The maximum atomic E-state index is 10.7. The topological polar surface area (TPSA) is 64.3 Å². The van der Waals surface area contributed by atoms with Gasteiger partial charge in [-0.05, 0) is 31.7 Å². The maximum Gasteiger partial charge on any atom is 0.220 e. The summed E-state index contributed by atoms with van der Waals surface area (Å²) >= 11 is 3.45. The maximum absolute atomic E-state index is 10.7. The van der Waals surface area contributed by atoms with E-state index in [1.807, 2.05) is 26.1 Å². The number of rotatable bonds is 6. The molecule has 0 saturated heterocycles. The van der Waals surface area contributed by atoms with Crippen molar-refractivity contribution in [2.45, 2.75) is 19.9 Å². The number of halogens is 1. The molecule has 0 aliphatic carbocycles. The van der Waals surface area contributed by atoms with Crippen LogP contribution in [0.3, 0.4) is 0 Å². The highest BCUT2D eigenvalue weighted by Gasteiger charge is 2.09. The van der Waals surface area contributed by atoms with Crippen molar-refractivity contribution in [2.24, 2.45) is 5.73 Å². The van der Waals surface area contributed by atoms with Crippen LogP contribution >= 0.6 is 15.9 Å². The number of nitrogens with one attached hydrogen (secondary N) is 1. The molecule has 0 spiro atoms. The van der Waals surface area contributed by atoms with Crippen LogP contribution in [0.4, 0.5) is 0 Å². The molecule has 5 heteroatoms. The van der Waals surface area contributed by atoms with Crippen molar-refractivity contribution in [3.8, 4) is 5.75 Å². The molecular weight excluding hydrogens is 284 g/mol. The Morgan fingerprint density at radius 1 is 1.53 bits per heavy atom. The van der Waals surface area contributed by atoms with Crippen LogP contribution in [0.1, 0.15) is 17.5 Å². The zero-order chi connectivity index (χ0) is 12.8. The highest BCUT2D eigenvalue weighted by atomic mass is 79.9. The second-order valence-electron chi connectivity index (χ2n) is 3.81. The molecule has 0 bridgehead atoms. The summed E-state index contributed by atoms with van der Waals surface area (Å²) < 4.78 is 6.64. The van der Waals surface area contributed by atoms with Gasteiger partial charge in [0, 0.05) is 16.6 Å². The molecule has 4 nitrogen and oxygen atoms in total. The molecule has 0 atom stereocenters. The Kier molecular flexibility index (Phi) is 5.44. The lowest BCUT2D eigenvalue weighted by Crippen LogP contribution is -2.16. The van der Waals surface area contributed by atoms with Crippen LogP contribution < -0.4 is 15.8 Å². The Balaban J connectivity index is 2.83. The van der Waals surface area contributed by atoms with Gasteiger partial charge in [-0.25, -0.2) is 0 Å². The quantitative estimate of drug-likeness (QED) is 0.841. The highest BCUT2D eigenvalue weighted by Crippen LogP contribution is 2.28. The number of carbonyl (C=O) groups excluding carboxylic acids is 1. The fourth-order valence-electron chi connectivity index (χ4n) is 1.58. The van der Waals surface area contributed by atoms with Crippen LogP contribution in [0.2, 0.25) is 0 Å². The molecule has 94 valence electrons. The molecule has 1 rings (SSSR count). The second-order valence-corrected chi connectivity index (χ2v) is 4.72. The van der Waals surface area contributed by atoms with E-state index < -0.39 is 0 Å². The Morgan fingerprint density at radius 3 is 2.82 bits per heavy atom. The summed E-state index contributed by atoms with van der Waals surface area (Å²) in [5, 5.41) is 3.09. The number of amides is 1. The molecule has 0 fully saturated rings. The van der Waals surface area contributed by atoms with E-state index in [0.717, 1.165) is 21.3 Å². The summed E-state index contributed by atoms with van der Waals surface area (Å²) in [6.07, 6.45) is 0.231. The van der Waals surface area contributed by atoms with Gasteiger partial charge in [0.25, 0.3) is 0 Å². The minimum Gasteiger partial charge on any atom is -0.492 e. The van der Waals surface area contributed by atoms with Crippen LogP contribution in [0.25, 0.3) is 0 Å². The third-order valence-corrected chi connectivity index (χ3v) is 2.74. The van der Waals surface area contributed by atoms with Crippen LogP contribution in [0.15, 0.2) is 16.6 Å². The Hall–Kier alpha value is -1.07. The largest absolute Gasteiger partial charge is 0.492 e. The number of aryl methyl sites for hydroxylation is 1. The van der Waals surface area contributed by atoms with Gasteiger partial charge >= 0.3 is 0 Å². The number of benzene rings is 1. The van der Waals surface area contributed by atoms with E-state index in [1.165, 1.54) is 0 Å². The molecule has 0 aromatic heterocycles. The van der Waals surface area contributed by atoms with E-state index in [9.17, 15) is 4.79 Å². The molecule has 1 aromatic rings. The van der Waals surface area contributed by atoms with Crippen molar-refractivity contribution in [3.05, 3.63) is 27.7 Å². The van der Waals surface area contributed by atoms with Gasteiger partial charge in [-0.3, -0.25) is 4.79 Å². The van der Waals surface area contributed by atoms with Crippen molar-refractivity contribution < 1.29 is 9.53 Å². The van der Waals surface area contributed by atoms with E-state index in [4.69, 9.17) is 10.5 Å². The van der Waals surface area contributed by atoms with Crippen LogP contribution in [-0.4, -0.2) is 19.6 Å². The lowest BCUT2D eigenvalue weighted by molar-refractivity contribution is -0.118. The van der Waals surface area contributed by atoms with E-state index >= 15 is 0 Å². The van der Waals surface area contributed by atoms with Crippen molar-refractivity contribution >= 4 is 21.8 Å². The normalized spacial score (nSPS) is 10.3. The van der Waals surface area contributed by atoms with E-state index in [0.29, 0.717) is 13.2 Å². The molecule has 0 saturated carbocycles. The number of carbonyl (C=O) groups is 1. The SMILES string of the molecule is CNCc1cc(Br)cc(C)c1OCCC(N)=O. The van der Waals surface area contributed by atoms with Gasteiger partial charge in [0.05, 0.1) is 13.0 Å². The van der Waals surface area contributed by atoms with Crippen molar-refractivity contribution in [1.29, 1.82) is 0 Å². The molecule has 0 unspecified atom stereocenters. The number of nitrogens with two attached hydrogens (primary N) is 1. The van der Waals surface area contributed by atoms with Gasteiger partial charge in [-0.2, -0.15) is 0 Å². The first-order valence-electron chi connectivity index (χ1n) is 5.39. The standard InChI is InChI=1S/C12H17BrN2O2/c1-8-5-10(13)6-9(7-15-2)12(8)17-4-3-11(14)16/h5-6,15H,3-4,7H2,1-2H3,(H2,14,16). The Labute approximate surface area is 110 Å². The first kappa shape index (κ1) is 14.0. The average molecular weight is 301 g/mol. The van der Waals surface area contributed by atoms with Crippen LogP contribution in [-0.2, 0) is 11.3 Å². The van der Waals surface area contributed by atoms with E-state index in [-0.39, 0.29) is 12.3 Å². The van der Waals surface area contributed by atoms with Crippen molar-refractivity contribution in [3.63, 3.8) is 0 Å². The van der Waals surface area contributed by atoms with Gasteiger partial charge in [0.15, 0.2) is 0 Å². The molecule has 0 aliphatic rings. The minimum atomic E-state index is -0.352. The second kappa shape index (κ2) is 6.61. The fourth-order valence-corrected chi connectivity index (χ4v) is 2.20. The predicted octanol–water partition coefficient (Wildman–Crippen LogP) is 1.73. The fraction of sp³-hybridized carbons (Fsp3) is 0.417. The van der Waals surface area contributed by atoms with Crippen molar-refractivity contribution in [2.75, 3.05) is 13.7 Å². The van der Waals surface area contributed by atoms with Gasteiger partial charge < -0.3 is 15.8 Å². The van der Waals surface area contributed by atoms with E-state index in [2.05, 4.69) is 21.2 Å². The Bertz CT molecular complexity index is 408. The molecular formula is C12H17BrN2O2. The average Bonchev–Trinajstić information content (AvgIpc) is 2.21. The molecule has 0 heterocycles. The number of ether oxygens (including phenoxy) is 1. The van der Waals surface area contributed by atoms with Crippen molar-refractivity contribution in [1.82, 2.24) is 5.32 Å². The molecule has 3 N–H and O–H groups in total. The van der Waals surface area contributed by atoms with Crippen LogP contribution in [0.5, 0.6) is 5.75 Å². The summed E-state index contributed by atoms with van der Waals surface area (Å²) in [5.41, 5.74) is 7.17. The third-order valence-electron chi connectivity index (χ3n) is 2.28. The minimum absolute atomic E-state index is 0.231. The molecule has 1 amide bonds. The molecule has 0 radical (unpaired) electrons. The zero-order valence-electron chi connectivity index (χ0n) is 10.0. The van der Waals surface area contributed by atoms with Gasteiger partial charge in [-0.1, -0.05) is 15.9 Å². The third kappa shape index (κ3) is 4.36. The summed E-state index contributed by atoms with van der Waals surface area (Å²) in [6, 6.07) is 3.99. The summed E-state index contributed by atoms with van der Waals surface area (Å²) in [6.45, 7) is 3.00. The lowest BCUT2D eigenvalue weighted by atomic mass is 10.1.